The second-order valence-electron chi connectivity index (χ2n) is 5.53. The first-order chi connectivity index (χ1) is 9.74. The van der Waals surface area contributed by atoms with Gasteiger partial charge in [-0.05, 0) is 43.0 Å². The SMILES string of the molecule is CCCCC(CC)C(Cc1ccc(OC)cc1)NCC. The highest BCUT2D eigenvalue weighted by atomic mass is 16.5. The summed E-state index contributed by atoms with van der Waals surface area (Å²) in [6.07, 6.45) is 6.33. The third-order valence-corrected chi connectivity index (χ3v) is 4.10. The van der Waals surface area contributed by atoms with Crippen LogP contribution >= 0.6 is 0 Å². The highest BCUT2D eigenvalue weighted by Crippen LogP contribution is 2.21. The number of ether oxygens (including phenoxy) is 1. The van der Waals surface area contributed by atoms with Crippen molar-refractivity contribution in [3.05, 3.63) is 29.8 Å². The zero-order chi connectivity index (χ0) is 14.8. The number of rotatable bonds is 10. The molecular weight excluding hydrogens is 246 g/mol. The molecule has 0 aliphatic rings. The monoisotopic (exact) mass is 277 g/mol. The molecule has 2 atom stereocenters. The standard InChI is InChI=1S/C18H31NO/c1-5-8-9-16(6-2)18(19-7-3)14-15-10-12-17(20-4)13-11-15/h10-13,16,18-19H,5-9,14H2,1-4H3. The number of nitrogens with one attached hydrogen (secondary N) is 1. The van der Waals surface area contributed by atoms with Crippen molar-refractivity contribution in [2.45, 2.75) is 58.9 Å². The van der Waals surface area contributed by atoms with Gasteiger partial charge in [-0.15, -0.1) is 0 Å². The minimum Gasteiger partial charge on any atom is -0.497 e. The highest BCUT2D eigenvalue weighted by molar-refractivity contribution is 5.27. The molecule has 114 valence electrons. The van der Waals surface area contributed by atoms with Gasteiger partial charge in [-0.3, -0.25) is 0 Å². The molecule has 0 saturated carbocycles. The fourth-order valence-electron chi connectivity index (χ4n) is 2.84. The largest absolute Gasteiger partial charge is 0.497 e. The quantitative estimate of drug-likeness (QED) is 0.683. The second-order valence-corrected chi connectivity index (χ2v) is 5.53. The van der Waals surface area contributed by atoms with E-state index < -0.39 is 0 Å². The Bertz CT molecular complexity index is 347. The van der Waals surface area contributed by atoms with Crippen molar-refractivity contribution in [1.29, 1.82) is 0 Å². The topological polar surface area (TPSA) is 21.3 Å². The summed E-state index contributed by atoms with van der Waals surface area (Å²) in [5, 5.41) is 3.69. The molecule has 1 aromatic rings. The Hall–Kier alpha value is -1.02. The summed E-state index contributed by atoms with van der Waals surface area (Å²) in [6, 6.07) is 9.09. The smallest absolute Gasteiger partial charge is 0.118 e. The molecule has 1 N–H and O–H groups in total. The molecule has 0 spiro atoms. The van der Waals surface area contributed by atoms with Gasteiger partial charge in [0.15, 0.2) is 0 Å². The lowest BCUT2D eigenvalue weighted by Gasteiger charge is -2.27. The Morgan fingerprint density at radius 3 is 2.30 bits per heavy atom. The van der Waals surface area contributed by atoms with Gasteiger partial charge in [0.2, 0.25) is 0 Å². The Morgan fingerprint density at radius 1 is 1.10 bits per heavy atom. The lowest BCUT2D eigenvalue weighted by atomic mass is 9.87. The summed E-state index contributed by atoms with van der Waals surface area (Å²) in [5.74, 6) is 1.71. The van der Waals surface area contributed by atoms with Crippen LogP contribution in [0.15, 0.2) is 24.3 Å². The average Bonchev–Trinajstić information content (AvgIpc) is 2.49. The van der Waals surface area contributed by atoms with E-state index in [1.54, 1.807) is 7.11 Å². The van der Waals surface area contributed by atoms with Gasteiger partial charge in [-0.2, -0.15) is 0 Å². The van der Waals surface area contributed by atoms with Gasteiger partial charge in [0.25, 0.3) is 0 Å². The Balaban J connectivity index is 2.67. The number of hydrogen-bond donors (Lipinski definition) is 1. The Kier molecular flexibility index (Phi) is 8.36. The molecule has 0 bridgehead atoms. The van der Waals surface area contributed by atoms with Crippen LogP contribution in [-0.2, 0) is 6.42 Å². The molecule has 0 radical (unpaired) electrons. The summed E-state index contributed by atoms with van der Waals surface area (Å²) < 4.78 is 5.23. The van der Waals surface area contributed by atoms with Gasteiger partial charge in [0.05, 0.1) is 7.11 Å². The van der Waals surface area contributed by atoms with E-state index in [2.05, 4.69) is 50.4 Å². The molecule has 20 heavy (non-hydrogen) atoms. The molecule has 0 aromatic heterocycles. The second kappa shape index (κ2) is 9.82. The lowest BCUT2D eigenvalue weighted by molar-refractivity contribution is 0.319. The minimum absolute atomic E-state index is 0.588. The van der Waals surface area contributed by atoms with E-state index in [1.807, 2.05) is 0 Å². The summed E-state index contributed by atoms with van der Waals surface area (Å²) in [6.45, 7) is 7.84. The predicted octanol–water partition coefficient (Wildman–Crippen LogP) is 4.43. The first-order valence-electron chi connectivity index (χ1n) is 8.11. The maximum atomic E-state index is 5.23. The number of methoxy groups -OCH3 is 1. The van der Waals surface area contributed by atoms with Crippen molar-refractivity contribution < 1.29 is 4.74 Å². The van der Waals surface area contributed by atoms with E-state index in [0.717, 1.165) is 24.6 Å². The van der Waals surface area contributed by atoms with Crippen LogP contribution < -0.4 is 10.1 Å². The molecule has 2 unspecified atom stereocenters. The van der Waals surface area contributed by atoms with E-state index >= 15 is 0 Å². The summed E-state index contributed by atoms with van der Waals surface area (Å²) in [4.78, 5) is 0. The third-order valence-electron chi connectivity index (χ3n) is 4.10. The maximum absolute atomic E-state index is 5.23. The molecule has 0 fully saturated rings. The Morgan fingerprint density at radius 2 is 1.80 bits per heavy atom. The molecule has 1 aromatic carbocycles. The summed E-state index contributed by atoms with van der Waals surface area (Å²) in [7, 11) is 1.72. The zero-order valence-electron chi connectivity index (χ0n) is 13.6. The van der Waals surface area contributed by atoms with Crippen molar-refractivity contribution in [2.75, 3.05) is 13.7 Å². The van der Waals surface area contributed by atoms with Crippen LogP contribution in [0.1, 0.15) is 52.0 Å². The van der Waals surface area contributed by atoms with Crippen molar-refractivity contribution in [3.8, 4) is 5.75 Å². The minimum atomic E-state index is 0.588. The van der Waals surface area contributed by atoms with Crippen LogP contribution in [-0.4, -0.2) is 19.7 Å². The molecule has 2 heteroatoms. The predicted molar refractivity (Wildman–Crippen MR) is 87.5 cm³/mol. The van der Waals surface area contributed by atoms with Gasteiger partial charge in [-0.1, -0.05) is 52.2 Å². The molecule has 0 aliphatic heterocycles. The molecular formula is C18H31NO. The van der Waals surface area contributed by atoms with Gasteiger partial charge in [-0.25, -0.2) is 0 Å². The normalized spacial score (nSPS) is 14.0. The van der Waals surface area contributed by atoms with Gasteiger partial charge >= 0.3 is 0 Å². The molecule has 1 rings (SSSR count). The first-order valence-corrected chi connectivity index (χ1v) is 8.11. The van der Waals surface area contributed by atoms with E-state index in [0.29, 0.717) is 6.04 Å². The van der Waals surface area contributed by atoms with Gasteiger partial charge in [0, 0.05) is 6.04 Å². The van der Waals surface area contributed by atoms with Crippen LogP contribution in [0.3, 0.4) is 0 Å². The van der Waals surface area contributed by atoms with E-state index in [-0.39, 0.29) is 0 Å². The highest BCUT2D eigenvalue weighted by Gasteiger charge is 2.19. The maximum Gasteiger partial charge on any atom is 0.118 e. The number of likely N-dealkylation sites (N-methyl/N-ethyl adjacent to an activating group) is 1. The average molecular weight is 277 g/mol. The van der Waals surface area contributed by atoms with Crippen LogP contribution in [0.4, 0.5) is 0 Å². The number of unbranched alkanes of at least 4 members (excludes halogenated alkanes) is 1. The third kappa shape index (κ3) is 5.54. The van der Waals surface area contributed by atoms with Gasteiger partial charge < -0.3 is 10.1 Å². The summed E-state index contributed by atoms with van der Waals surface area (Å²) >= 11 is 0. The van der Waals surface area contributed by atoms with Crippen molar-refractivity contribution in [2.24, 2.45) is 5.92 Å². The van der Waals surface area contributed by atoms with E-state index in [1.165, 1.54) is 31.2 Å². The summed E-state index contributed by atoms with van der Waals surface area (Å²) in [5.41, 5.74) is 1.40. The van der Waals surface area contributed by atoms with Crippen LogP contribution in [0.2, 0.25) is 0 Å². The van der Waals surface area contributed by atoms with E-state index in [9.17, 15) is 0 Å². The lowest BCUT2D eigenvalue weighted by Crippen LogP contribution is -2.37. The van der Waals surface area contributed by atoms with E-state index in [4.69, 9.17) is 4.74 Å². The van der Waals surface area contributed by atoms with Crippen molar-refractivity contribution in [3.63, 3.8) is 0 Å². The number of hydrogen-bond acceptors (Lipinski definition) is 2. The zero-order valence-corrected chi connectivity index (χ0v) is 13.6. The molecule has 2 nitrogen and oxygen atoms in total. The van der Waals surface area contributed by atoms with Crippen LogP contribution in [0.5, 0.6) is 5.75 Å². The van der Waals surface area contributed by atoms with Crippen LogP contribution in [0.25, 0.3) is 0 Å². The van der Waals surface area contributed by atoms with Crippen molar-refractivity contribution >= 4 is 0 Å². The molecule has 0 amide bonds. The van der Waals surface area contributed by atoms with Crippen molar-refractivity contribution in [1.82, 2.24) is 5.32 Å². The fourth-order valence-corrected chi connectivity index (χ4v) is 2.84. The molecule has 0 heterocycles. The Labute approximate surface area is 124 Å². The number of benzene rings is 1. The van der Waals surface area contributed by atoms with Crippen LogP contribution in [0, 0.1) is 5.92 Å². The van der Waals surface area contributed by atoms with Gasteiger partial charge in [0.1, 0.15) is 5.75 Å². The fraction of sp³-hybridized carbons (Fsp3) is 0.667. The molecule has 0 saturated heterocycles. The first kappa shape index (κ1) is 17.0. The molecule has 0 aliphatic carbocycles.